The van der Waals surface area contributed by atoms with E-state index >= 15 is 0 Å². The molecule has 3 aromatic rings. The Bertz CT molecular complexity index is 1320. The first kappa shape index (κ1) is 27.7. The molecule has 1 aliphatic carbocycles. The highest BCUT2D eigenvalue weighted by molar-refractivity contribution is 9.10. The van der Waals surface area contributed by atoms with Crippen LogP contribution >= 0.6 is 27.3 Å². The monoisotopic (exact) mass is 597 g/mol. The number of fused-ring (bicyclic) bond motifs is 1. The number of halogens is 1. The minimum absolute atomic E-state index is 0.136. The largest absolute Gasteiger partial charge is 0.462 e. The fraction of sp³-hybridized carbons (Fsp3) is 0.310. The van der Waals surface area contributed by atoms with Gasteiger partial charge in [0.1, 0.15) is 5.00 Å². The van der Waals surface area contributed by atoms with Gasteiger partial charge < -0.3 is 14.8 Å². The van der Waals surface area contributed by atoms with E-state index in [1.165, 1.54) is 16.9 Å². The van der Waals surface area contributed by atoms with E-state index in [1.54, 1.807) is 31.2 Å². The van der Waals surface area contributed by atoms with Crippen molar-refractivity contribution in [3.8, 4) is 0 Å². The van der Waals surface area contributed by atoms with Crippen molar-refractivity contribution in [3.63, 3.8) is 0 Å². The second kappa shape index (κ2) is 13.0. The zero-order valence-electron chi connectivity index (χ0n) is 21.0. The standard InChI is InChI=1S/C29H28BrNO6S/c1-2-36-29(35)27-22-13-10-20(18-6-4-3-5-7-18)16-24(22)38-28(27)31-25(33)14-15-26(34)37-17-23(32)19-8-11-21(30)12-9-19/h3-9,11-12,20H,2,10,13-17H2,1H3,(H,31,33). The van der Waals surface area contributed by atoms with Crippen molar-refractivity contribution < 1.29 is 28.7 Å². The first-order chi connectivity index (χ1) is 18.4. The molecule has 1 atom stereocenters. The minimum Gasteiger partial charge on any atom is -0.462 e. The molecule has 1 unspecified atom stereocenters. The molecule has 4 rings (SSSR count). The number of carbonyl (C=O) groups is 4. The van der Waals surface area contributed by atoms with Gasteiger partial charge >= 0.3 is 11.9 Å². The van der Waals surface area contributed by atoms with Crippen LogP contribution in [0.3, 0.4) is 0 Å². The number of hydrogen-bond donors (Lipinski definition) is 1. The van der Waals surface area contributed by atoms with E-state index in [-0.39, 0.29) is 25.2 Å². The number of hydrogen-bond acceptors (Lipinski definition) is 7. The lowest BCUT2D eigenvalue weighted by Gasteiger charge is -2.23. The molecule has 0 saturated heterocycles. The number of anilines is 1. The van der Waals surface area contributed by atoms with Crippen LogP contribution < -0.4 is 5.32 Å². The van der Waals surface area contributed by atoms with Crippen LogP contribution in [-0.4, -0.2) is 36.8 Å². The number of nitrogens with one attached hydrogen (secondary N) is 1. The molecule has 0 spiro atoms. The van der Waals surface area contributed by atoms with Crippen molar-refractivity contribution in [1.29, 1.82) is 0 Å². The molecule has 2 aromatic carbocycles. The summed E-state index contributed by atoms with van der Waals surface area (Å²) in [5, 5.41) is 3.26. The SMILES string of the molecule is CCOC(=O)c1c(NC(=O)CCC(=O)OCC(=O)c2ccc(Br)cc2)sc2c1CCC(c1ccccc1)C2. The third-order valence-corrected chi connectivity index (χ3v) is 8.05. The van der Waals surface area contributed by atoms with Crippen LogP contribution in [0.2, 0.25) is 0 Å². The number of carbonyl (C=O) groups excluding carboxylic acids is 4. The molecule has 0 fully saturated rings. The summed E-state index contributed by atoms with van der Waals surface area (Å²) in [4.78, 5) is 50.9. The summed E-state index contributed by atoms with van der Waals surface area (Å²) in [5.41, 5.74) is 3.03. The molecule has 198 valence electrons. The maximum atomic E-state index is 12.8. The topological polar surface area (TPSA) is 98.8 Å². The van der Waals surface area contributed by atoms with Gasteiger partial charge in [0.2, 0.25) is 5.91 Å². The first-order valence-corrected chi connectivity index (χ1v) is 14.1. The first-order valence-electron chi connectivity index (χ1n) is 12.5. The van der Waals surface area contributed by atoms with Crippen LogP contribution in [0.25, 0.3) is 0 Å². The zero-order chi connectivity index (χ0) is 27.1. The molecular weight excluding hydrogens is 570 g/mol. The van der Waals surface area contributed by atoms with Crippen molar-refractivity contribution >= 4 is 55.9 Å². The van der Waals surface area contributed by atoms with E-state index in [2.05, 4.69) is 33.4 Å². The minimum atomic E-state index is -0.646. The summed E-state index contributed by atoms with van der Waals surface area (Å²) in [6, 6.07) is 17.0. The van der Waals surface area contributed by atoms with Crippen molar-refractivity contribution in [2.24, 2.45) is 0 Å². The van der Waals surface area contributed by atoms with Gasteiger partial charge in [-0.1, -0.05) is 58.4 Å². The van der Waals surface area contributed by atoms with Crippen molar-refractivity contribution in [2.75, 3.05) is 18.5 Å². The molecule has 0 bridgehead atoms. The summed E-state index contributed by atoms with van der Waals surface area (Å²) < 4.78 is 11.2. The normalized spacial score (nSPS) is 14.3. The van der Waals surface area contributed by atoms with Gasteiger partial charge in [0.15, 0.2) is 12.4 Å². The summed E-state index contributed by atoms with van der Waals surface area (Å²) in [6.07, 6.45) is 2.08. The highest BCUT2D eigenvalue weighted by Gasteiger charge is 2.31. The molecule has 1 aliphatic rings. The fourth-order valence-corrected chi connectivity index (χ4v) is 6.04. The molecule has 1 N–H and O–H groups in total. The van der Waals surface area contributed by atoms with Crippen LogP contribution in [0.5, 0.6) is 0 Å². The predicted octanol–water partition coefficient (Wildman–Crippen LogP) is 6.10. The third kappa shape index (κ3) is 6.96. The Morgan fingerprint density at radius 1 is 1.00 bits per heavy atom. The third-order valence-electron chi connectivity index (χ3n) is 6.36. The molecule has 0 aliphatic heterocycles. The maximum Gasteiger partial charge on any atom is 0.341 e. The van der Waals surface area contributed by atoms with Gasteiger partial charge in [-0.2, -0.15) is 0 Å². The molecule has 9 heteroatoms. The van der Waals surface area contributed by atoms with E-state index in [9.17, 15) is 19.2 Å². The number of thiophene rings is 1. The smallest absolute Gasteiger partial charge is 0.341 e. The maximum absolute atomic E-state index is 12.8. The Kier molecular flexibility index (Phi) is 9.47. The predicted molar refractivity (Wildman–Crippen MR) is 149 cm³/mol. The lowest BCUT2D eigenvalue weighted by molar-refractivity contribution is -0.143. The second-order valence-corrected chi connectivity index (χ2v) is 10.9. The van der Waals surface area contributed by atoms with Crippen LogP contribution in [-0.2, 0) is 31.9 Å². The number of benzene rings is 2. The molecule has 7 nitrogen and oxygen atoms in total. The molecule has 1 amide bonds. The van der Waals surface area contributed by atoms with E-state index in [0.717, 1.165) is 27.8 Å². The van der Waals surface area contributed by atoms with Gasteiger partial charge in [0.05, 0.1) is 18.6 Å². The Labute approximate surface area is 233 Å². The number of esters is 2. The quantitative estimate of drug-likeness (QED) is 0.224. The lowest BCUT2D eigenvalue weighted by atomic mass is 9.83. The molecule has 1 heterocycles. The van der Waals surface area contributed by atoms with E-state index < -0.39 is 24.5 Å². The second-order valence-electron chi connectivity index (χ2n) is 8.92. The van der Waals surface area contributed by atoms with E-state index in [4.69, 9.17) is 9.47 Å². The van der Waals surface area contributed by atoms with Crippen LogP contribution in [0.1, 0.15) is 68.8 Å². The number of ketones is 1. The highest BCUT2D eigenvalue weighted by atomic mass is 79.9. The highest BCUT2D eigenvalue weighted by Crippen LogP contribution is 2.42. The molecule has 0 saturated carbocycles. The van der Waals surface area contributed by atoms with Gasteiger partial charge in [-0.3, -0.25) is 14.4 Å². The van der Waals surface area contributed by atoms with Gasteiger partial charge in [-0.05, 0) is 55.4 Å². The van der Waals surface area contributed by atoms with Crippen LogP contribution in [0.15, 0.2) is 59.1 Å². The lowest BCUT2D eigenvalue weighted by Crippen LogP contribution is -2.19. The molecular formula is C29H28BrNO6S. The Balaban J connectivity index is 1.36. The van der Waals surface area contributed by atoms with E-state index in [0.29, 0.717) is 28.5 Å². The van der Waals surface area contributed by atoms with E-state index in [1.807, 2.05) is 18.2 Å². The molecule has 38 heavy (non-hydrogen) atoms. The summed E-state index contributed by atoms with van der Waals surface area (Å²) >= 11 is 4.70. The van der Waals surface area contributed by atoms with Gasteiger partial charge in [0, 0.05) is 21.3 Å². The number of Topliss-reactive ketones (excluding diaryl/α,β-unsaturated/α-hetero) is 1. The van der Waals surface area contributed by atoms with Gasteiger partial charge in [-0.15, -0.1) is 11.3 Å². The molecule has 0 radical (unpaired) electrons. The van der Waals surface area contributed by atoms with Crippen molar-refractivity contribution in [2.45, 2.75) is 44.9 Å². The summed E-state index contributed by atoms with van der Waals surface area (Å²) in [5.74, 6) is -1.50. The Morgan fingerprint density at radius 3 is 2.45 bits per heavy atom. The van der Waals surface area contributed by atoms with Gasteiger partial charge in [0.25, 0.3) is 0 Å². The van der Waals surface area contributed by atoms with Crippen LogP contribution in [0.4, 0.5) is 5.00 Å². The summed E-state index contributed by atoms with van der Waals surface area (Å²) in [7, 11) is 0. The number of rotatable bonds is 10. The zero-order valence-corrected chi connectivity index (χ0v) is 23.4. The van der Waals surface area contributed by atoms with Crippen molar-refractivity contribution in [1.82, 2.24) is 0 Å². The number of ether oxygens (including phenoxy) is 2. The van der Waals surface area contributed by atoms with Crippen LogP contribution in [0, 0.1) is 0 Å². The number of amides is 1. The molecule has 1 aromatic heterocycles. The average Bonchev–Trinajstić information content (AvgIpc) is 3.28. The summed E-state index contributed by atoms with van der Waals surface area (Å²) in [6.45, 7) is 1.58. The Hall–Kier alpha value is -3.30. The van der Waals surface area contributed by atoms with Gasteiger partial charge in [-0.25, -0.2) is 4.79 Å². The fourth-order valence-electron chi connectivity index (χ4n) is 4.44. The van der Waals surface area contributed by atoms with Crippen molar-refractivity contribution in [3.05, 3.63) is 86.2 Å². The average molecular weight is 599 g/mol. The Morgan fingerprint density at radius 2 is 1.74 bits per heavy atom.